The van der Waals surface area contributed by atoms with E-state index in [1.165, 1.54) is 6.42 Å². The SMILES string of the molecule is OC1C2C[N-]CC1C2.[K+]. The Morgan fingerprint density at radius 1 is 1.22 bits per heavy atom. The van der Waals surface area contributed by atoms with Gasteiger partial charge in [-0.3, -0.25) is 0 Å². The van der Waals surface area contributed by atoms with Crippen LogP contribution in [0.2, 0.25) is 0 Å². The third-order valence-electron chi connectivity index (χ3n) is 2.30. The van der Waals surface area contributed by atoms with E-state index < -0.39 is 0 Å². The Labute approximate surface area is 97.8 Å². The molecule has 1 saturated carbocycles. The molecule has 46 valence electrons. The molecule has 3 rings (SSSR count). The summed E-state index contributed by atoms with van der Waals surface area (Å²) in [5, 5.41) is 13.4. The van der Waals surface area contributed by atoms with Crippen molar-refractivity contribution in [3.05, 3.63) is 5.32 Å². The topological polar surface area (TPSA) is 34.3 Å². The predicted molar refractivity (Wildman–Crippen MR) is 30.7 cm³/mol. The van der Waals surface area contributed by atoms with Gasteiger partial charge in [0.2, 0.25) is 0 Å². The van der Waals surface area contributed by atoms with Crippen LogP contribution in [0.5, 0.6) is 0 Å². The van der Waals surface area contributed by atoms with Crippen LogP contribution in [0.3, 0.4) is 0 Å². The number of piperidine rings is 2. The van der Waals surface area contributed by atoms with Gasteiger partial charge in [-0.1, -0.05) is 0 Å². The zero-order chi connectivity index (χ0) is 5.56. The molecule has 2 unspecified atom stereocenters. The molecule has 2 aliphatic heterocycles. The Bertz CT molecular complexity index is 95.2. The Balaban J connectivity index is 0.000000405. The smallest absolute Gasteiger partial charge is 0.662 e. The summed E-state index contributed by atoms with van der Waals surface area (Å²) in [6.45, 7) is 1.83. The number of nitrogens with zero attached hydrogens (tertiary/aromatic N) is 1. The van der Waals surface area contributed by atoms with E-state index in [1.807, 2.05) is 0 Å². The van der Waals surface area contributed by atoms with E-state index in [1.54, 1.807) is 0 Å². The van der Waals surface area contributed by atoms with Gasteiger partial charge in [-0.15, -0.1) is 13.1 Å². The molecule has 2 nitrogen and oxygen atoms in total. The molecule has 3 heteroatoms. The van der Waals surface area contributed by atoms with Crippen LogP contribution in [0.15, 0.2) is 0 Å². The van der Waals surface area contributed by atoms with Crippen LogP contribution in [0.4, 0.5) is 0 Å². The van der Waals surface area contributed by atoms with Crippen LogP contribution in [0.1, 0.15) is 6.42 Å². The molecule has 0 radical (unpaired) electrons. The standard InChI is InChI=1S/C6H10NO.K/c8-6-4-1-5(6)3-7-2-4;/h4-6,8H,1-3H2;/q-1;+1. The van der Waals surface area contributed by atoms with Crippen molar-refractivity contribution >= 4 is 0 Å². The first-order valence-electron chi connectivity index (χ1n) is 3.19. The molecule has 9 heavy (non-hydrogen) atoms. The largest absolute Gasteiger partial charge is 1.00 e. The Kier molecular flexibility index (Phi) is 3.17. The second-order valence-corrected chi connectivity index (χ2v) is 2.84. The summed E-state index contributed by atoms with van der Waals surface area (Å²) in [5.41, 5.74) is 0. The van der Waals surface area contributed by atoms with E-state index in [2.05, 4.69) is 5.32 Å². The van der Waals surface area contributed by atoms with E-state index >= 15 is 0 Å². The number of hydrogen-bond donors (Lipinski definition) is 1. The molecule has 2 saturated heterocycles. The van der Waals surface area contributed by atoms with Gasteiger partial charge >= 0.3 is 51.4 Å². The van der Waals surface area contributed by atoms with Crippen molar-refractivity contribution in [3.63, 3.8) is 0 Å². The first-order valence-corrected chi connectivity index (χ1v) is 3.19. The number of aliphatic hydroxyl groups is 1. The summed E-state index contributed by atoms with van der Waals surface area (Å²) >= 11 is 0. The van der Waals surface area contributed by atoms with Crippen molar-refractivity contribution in [2.45, 2.75) is 12.5 Å². The first-order chi connectivity index (χ1) is 3.88. The fourth-order valence-electron chi connectivity index (χ4n) is 1.63. The quantitative estimate of drug-likeness (QED) is 0.378. The van der Waals surface area contributed by atoms with Gasteiger partial charge in [-0.25, -0.2) is 0 Å². The second-order valence-electron chi connectivity index (χ2n) is 2.84. The van der Waals surface area contributed by atoms with Gasteiger partial charge in [-0.05, 0) is 18.3 Å². The van der Waals surface area contributed by atoms with E-state index in [0.29, 0.717) is 11.8 Å². The molecule has 3 fully saturated rings. The molecule has 2 heterocycles. The molecule has 1 N–H and O–H groups in total. The molecule has 3 aliphatic rings. The summed E-state index contributed by atoms with van der Waals surface area (Å²) in [5.74, 6) is 1.07. The Morgan fingerprint density at radius 3 is 2.00 bits per heavy atom. The monoisotopic (exact) mass is 151 g/mol. The Morgan fingerprint density at radius 2 is 1.78 bits per heavy atom. The van der Waals surface area contributed by atoms with Crippen LogP contribution >= 0.6 is 0 Å². The van der Waals surface area contributed by atoms with Crippen LogP contribution in [-0.2, 0) is 0 Å². The number of fused-ring (bicyclic) bond motifs is 2. The van der Waals surface area contributed by atoms with Crippen LogP contribution in [-0.4, -0.2) is 24.3 Å². The molecule has 0 aromatic heterocycles. The van der Waals surface area contributed by atoms with Crippen molar-refractivity contribution < 1.29 is 56.5 Å². The zero-order valence-corrected chi connectivity index (χ0v) is 8.87. The van der Waals surface area contributed by atoms with Crippen molar-refractivity contribution in [1.82, 2.24) is 0 Å². The van der Waals surface area contributed by atoms with Gasteiger partial charge in [0.05, 0.1) is 6.10 Å². The third kappa shape index (κ3) is 1.43. The molecule has 0 spiro atoms. The van der Waals surface area contributed by atoms with Crippen molar-refractivity contribution in [3.8, 4) is 0 Å². The molecule has 2 atom stereocenters. The van der Waals surface area contributed by atoms with E-state index in [0.717, 1.165) is 13.1 Å². The average molecular weight is 151 g/mol. The summed E-state index contributed by atoms with van der Waals surface area (Å²) in [7, 11) is 0. The third-order valence-corrected chi connectivity index (χ3v) is 2.30. The van der Waals surface area contributed by atoms with Gasteiger partial charge < -0.3 is 10.4 Å². The normalized spacial score (nSPS) is 47.0. The van der Waals surface area contributed by atoms with E-state index in [9.17, 15) is 0 Å². The van der Waals surface area contributed by atoms with Gasteiger partial charge in [-0.2, -0.15) is 0 Å². The van der Waals surface area contributed by atoms with Gasteiger partial charge in [0.1, 0.15) is 0 Å². The summed E-state index contributed by atoms with van der Waals surface area (Å²) in [6, 6.07) is 0. The van der Waals surface area contributed by atoms with Crippen LogP contribution < -0.4 is 51.4 Å². The van der Waals surface area contributed by atoms with E-state index in [4.69, 9.17) is 5.11 Å². The maximum Gasteiger partial charge on any atom is 1.00 e. The van der Waals surface area contributed by atoms with Crippen molar-refractivity contribution in [2.24, 2.45) is 11.8 Å². The zero-order valence-electron chi connectivity index (χ0n) is 5.75. The molecule has 2 bridgehead atoms. The van der Waals surface area contributed by atoms with Gasteiger partial charge in [0.25, 0.3) is 0 Å². The first kappa shape index (κ1) is 8.65. The van der Waals surface area contributed by atoms with Crippen LogP contribution in [0, 0.1) is 11.8 Å². The maximum absolute atomic E-state index is 9.17. The molecule has 0 aromatic carbocycles. The number of hydrogen-bond acceptors (Lipinski definition) is 1. The van der Waals surface area contributed by atoms with Gasteiger partial charge in [0.15, 0.2) is 0 Å². The predicted octanol–water partition coefficient (Wildman–Crippen LogP) is -2.63. The molecule has 0 amide bonds. The van der Waals surface area contributed by atoms with Gasteiger partial charge in [0, 0.05) is 0 Å². The van der Waals surface area contributed by atoms with Crippen LogP contribution in [0.25, 0.3) is 5.32 Å². The maximum atomic E-state index is 9.17. The number of aliphatic hydroxyl groups excluding tert-OH is 1. The molecular formula is C6H10KNO. The minimum Gasteiger partial charge on any atom is -0.662 e. The second kappa shape index (κ2) is 3.30. The summed E-state index contributed by atoms with van der Waals surface area (Å²) < 4.78 is 0. The van der Waals surface area contributed by atoms with Crippen molar-refractivity contribution in [1.29, 1.82) is 0 Å². The molecular weight excluding hydrogens is 141 g/mol. The average Bonchev–Trinajstić information content (AvgIpc) is 1.89. The van der Waals surface area contributed by atoms with Crippen molar-refractivity contribution in [2.75, 3.05) is 13.1 Å². The van der Waals surface area contributed by atoms with E-state index in [-0.39, 0.29) is 57.5 Å². The minimum absolute atomic E-state index is 0. The molecule has 0 aromatic rings. The minimum atomic E-state index is 0. The Hall–Kier alpha value is 1.56. The summed E-state index contributed by atoms with van der Waals surface area (Å²) in [6.07, 6.45) is 1.23. The fourth-order valence-corrected chi connectivity index (χ4v) is 1.63. The summed E-state index contributed by atoms with van der Waals surface area (Å²) in [4.78, 5) is 0. The molecule has 1 aliphatic carbocycles. The number of rotatable bonds is 0. The fraction of sp³-hybridized carbons (Fsp3) is 1.00.